The molecule has 408 valence electrons. The van der Waals surface area contributed by atoms with Crippen molar-refractivity contribution in [1.82, 2.24) is 0 Å². The molecular formula is C66H108O6. The monoisotopic (exact) mass is 997 g/mol. The smallest absolute Gasteiger partial charge is 0.306 e. The number of ether oxygens (including phenoxy) is 3. The van der Waals surface area contributed by atoms with Crippen LogP contribution in [0, 0.1) is 0 Å². The van der Waals surface area contributed by atoms with Crippen molar-refractivity contribution in [3.63, 3.8) is 0 Å². The number of hydrogen-bond donors (Lipinski definition) is 0. The molecule has 0 heterocycles. The van der Waals surface area contributed by atoms with E-state index in [2.05, 4.69) is 142 Å². The second kappa shape index (κ2) is 59.4. The van der Waals surface area contributed by atoms with E-state index in [4.69, 9.17) is 14.2 Å². The van der Waals surface area contributed by atoms with Gasteiger partial charge >= 0.3 is 17.9 Å². The van der Waals surface area contributed by atoms with Gasteiger partial charge in [-0.15, -0.1) is 0 Å². The van der Waals surface area contributed by atoms with Crippen LogP contribution in [0.5, 0.6) is 0 Å². The molecule has 1 atom stereocenters. The SMILES string of the molecule is CC/C=C\C/C=C\C/C=C\C/C=C\C/C=C\C/C=C\C/C=C\CCCC(=O)OCC(COC(=O)CCCCC/C=C\C/C=C\C/C=C\CC)OC(=O)CCCCCCCCCCCCCCCCCCCC. The molecule has 0 N–H and O–H groups in total. The number of carbonyl (C=O) groups is 3. The number of carbonyl (C=O) groups excluding carboxylic acids is 3. The van der Waals surface area contributed by atoms with Gasteiger partial charge in [0.15, 0.2) is 6.10 Å². The van der Waals surface area contributed by atoms with Gasteiger partial charge in [-0.1, -0.05) is 258 Å². The summed E-state index contributed by atoms with van der Waals surface area (Å²) in [5, 5.41) is 0. The Labute approximate surface area is 443 Å². The molecule has 0 radical (unpaired) electrons. The zero-order chi connectivity index (χ0) is 52.2. The Hall–Kier alpha value is -4.19. The van der Waals surface area contributed by atoms with Crippen LogP contribution in [-0.4, -0.2) is 37.2 Å². The number of rotatable bonds is 52. The van der Waals surface area contributed by atoms with E-state index >= 15 is 0 Å². The minimum atomic E-state index is -0.816. The van der Waals surface area contributed by atoms with Crippen molar-refractivity contribution in [2.75, 3.05) is 13.2 Å². The molecule has 0 saturated heterocycles. The van der Waals surface area contributed by atoms with Crippen molar-refractivity contribution in [1.29, 1.82) is 0 Å². The zero-order valence-corrected chi connectivity index (χ0v) is 46.7. The van der Waals surface area contributed by atoms with Gasteiger partial charge in [-0.05, 0) is 103 Å². The van der Waals surface area contributed by atoms with E-state index in [1.165, 1.54) is 96.3 Å². The lowest BCUT2D eigenvalue weighted by atomic mass is 10.0. The van der Waals surface area contributed by atoms with Crippen LogP contribution in [0.15, 0.2) is 122 Å². The van der Waals surface area contributed by atoms with Crippen LogP contribution in [0.3, 0.4) is 0 Å². The highest BCUT2D eigenvalue weighted by Gasteiger charge is 2.19. The topological polar surface area (TPSA) is 78.9 Å². The average molecular weight is 998 g/mol. The quantitative estimate of drug-likeness (QED) is 0.0261. The maximum Gasteiger partial charge on any atom is 0.306 e. The molecule has 0 amide bonds. The van der Waals surface area contributed by atoms with Crippen molar-refractivity contribution >= 4 is 17.9 Å². The number of esters is 3. The Morgan fingerprint density at radius 1 is 0.292 bits per heavy atom. The molecule has 1 unspecified atom stereocenters. The van der Waals surface area contributed by atoms with E-state index in [0.717, 1.165) is 116 Å². The minimum absolute atomic E-state index is 0.112. The second-order valence-corrected chi connectivity index (χ2v) is 19.1. The van der Waals surface area contributed by atoms with E-state index in [-0.39, 0.29) is 37.5 Å². The van der Waals surface area contributed by atoms with Gasteiger partial charge < -0.3 is 14.2 Å². The maximum atomic E-state index is 12.9. The highest BCUT2D eigenvalue weighted by atomic mass is 16.6. The first-order chi connectivity index (χ1) is 35.5. The summed E-state index contributed by atoms with van der Waals surface area (Å²) in [6.07, 6.45) is 82.0. The first-order valence-electron chi connectivity index (χ1n) is 29.5. The van der Waals surface area contributed by atoms with Crippen molar-refractivity contribution in [3.8, 4) is 0 Å². The Balaban J connectivity index is 4.48. The first kappa shape index (κ1) is 67.8. The van der Waals surface area contributed by atoms with E-state index in [1.807, 2.05) is 0 Å². The van der Waals surface area contributed by atoms with Crippen molar-refractivity contribution < 1.29 is 28.6 Å². The van der Waals surface area contributed by atoms with Crippen LogP contribution in [0.4, 0.5) is 0 Å². The lowest BCUT2D eigenvalue weighted by molar-refractivity contribution is -0.167. The molecule has 6 nitrogen and oxygen atoms in total. The van der Waals surface area contributed by atoms with Gasteiger partial charge in [-0.2, -0.15) is 0 Å². The third-order valence-corrected chi connectivity index (χ3v) is 12.2. The largest absolute Gasteiger partial charge is 0.462 e. The fourth-order valence-corrected chi connectivity index (χ4v) is 7.86. The maximum absolute atomic E-state index is 12.9. The van der Waals surface area contributed by atoms with Gasteiger partial charge in [-0.3, -0.25) is 14.4 Å². The molecule has 0 aliphatic carbocycles. The summed E-state index contributed by atoms with van der Waals surface area (Å²) < 4.78 is 16.8. The lowest BCUT2D eigenvalue weighted by Gasteiger charge is -2.18. The van der Waals surface area contributed by atoms with Crippen molar-refractivity contribution in [2.24, 2.45) is 0 Å². The number of hydrogen-bond acceptors (Lipinski definition) is 6. The van der Waals surface area contributed by atoms with Gasteiger partial charge in [0.25, 0.3) is 0 Å². The summed E-state index contributed by atoms with van der Waals surface area (Å²) in [6.45, 7) is 6.35. The van der Waals surface area contributed by atoms with Crippen molar-refractivity contribution in [2.45, 2.75) is 264 Å². The van der Waals surface area contributed by atoms with E-state index in [9.17, 15) is 14.4 Å². The highest BCUT2D eigenvalue weighted by Crippen LogP contribution is 2.16. The van der Waals surface area contributed by atoms with Crippen molar-refractivity contribution in [3.05, 3.63) is 122 Å². The van der Waals surface area contributed by atoms with Crippen LogP contribution in [0.2, 0.25) is 0 Å². The molecule has 0 spiro atoms. The molecule has 0 bridgehead atoms. The van der Waals surface area contributed by atoms with Gasteiger partial charge in [-0.25, -0.2) is 0 Å². The van der Waals surface area contributed by atoms with Gasteiger partial charge in [0.1, 0.15) is 13.2 Å². The van der Waals surface area contributed by atoms with Gasteiger partial charge in [0.2, 0.25) is 0 Å². The van der Waals surface area contributed by atoms with Crippen LogP contribution < -0.4 is 0 Å². The Morgan fingerprint density at radius 2 is 0.556 bits per heavy atom. The molecule has 0 fully saturated rings. The lowest BCUT2D eigenvalue weighted by Crippen LogP contribution is -2.30. The second-order valence-electron chi connectivity index (χ2n) is 19.1. The molecule has 72 heavy (non-hydrogen) atoms. The number of unbranched alkanes of at least 4 members (excludes halogenated alkanes) is 21. The zero-order valence-electron chi connectivity index (χ0n) is 46.7. The summed E-state index contributed by atoms with van der Waals surface area (Å²) in [6, 6.07) is 0. The third kappa shape index (κ3) is 56.7. The first-order valence-corrected chi connectivity index (χ1v) is 29.5. The summed E-state index contributed by atoms with van der Waals surface area (Å²) >= 11 is 0. The Morgan fingerprint density at radius 3 is 0.903 bits per heavy atom. The van der Waals surface area contributed by atoms with Crippen LogP contribution in [-0.2, 0) is 28.6 Å². The molecule has 0 saturated carbocycles. The fraction of sp³-hybridized carbons (Fsp3) is 0.652. The van der Waals surface area contributed by atoms with E-state index < -0.39 is 6.10 Å². The number of allylic oxidation sites excluding steroid dienone is 20. The van der Waals surface area contributed by atoms with Crippen LogP contribution in [0.25, 0.3) is 0 Å². The molecule has 0 aromatic carbocycles. The van der Waals surface area contributed by atoms with Crippen LogP contribution in [0.1, 0.15) is 258 Å². The van der Waals surface area contributed by atoms with Gasteiger partial charge in [0, 0.05) is 19.3 Å². The van der Waals surface area contributed by atoms with E-state index in [1.54, 1.807) is 0 Å². The summed E-state index contributed by atoms with van der Waals surface area (Å²) in [7, 11) is 0. The summed E-state index contributed by atoms with van der Waals surface area (Å²) in [5.41, 5.74) is 0. The third-order valence-electron chi connectivity index (χ3n) is 12.2. The normalized spacial score (nSPS) is 13.0. The Bertz CT molecular complexity index is 1520. The summed E-state index contributed by atoms with van der Waals surface area (Å²) in [4.78, 5) is 38.2. The molecule has 0 aromatic rings. The summed E-state index contributed by atoms with van der Waals surface area (Å²) in [5.74, 6) is -0.998. The molecular weight excluding hydrogens is 889 g/mol. The fourth-order valence-electron chi connectivity index (χ4n) is 7.86. The molecule has 0 aliphatic heterocycles. The predicted molar refractivity (Wildman–Crippen MR) is 311 cm³/mol. The minimum Gasteiger partial charge on any atom is -0.462 e. The molecule has 6 heteroatoms. The standard InChI is InChI=1S/C66H108O6/c1-4-7-10-13-16-19-22-25-27-29-31-32-33-34-35-37-38-41-44-47-50-53-56-59-65(68)71-62-63(61-70-64(67)58-55-52-49-46-43-40-24-21-18-15-12-9-6-3)72-66(69)60-57-54-51-48-45-42-39-36-30-28-26-23-20-17-14-11-8-5-2/h7,9-10,12,16,18-19,21,25,27,31-32,34-35,38,40-41,43,47,50,63H,4-6,8,11,13-15,17,20,22-24,26,28-30,33,36-37,39,42,44-46,48-49,51-62H2,1-3H3/b10-7-,12-9-,19-16-,21-18-,27-25-,32-31-,35-34-,41-38-,43-40-,50-47-. The van der Waals surface area contributed by atoms with E-state index in [0.29, 0.717) is 19.3 Å². The molecule has 0 rings (SSSR count). The van der Waals surface area contributed by atoms with Crippen LogP contribution >= 0.6 is 0 Å². The molecule has 0 aliphatic rings. The average Bonchev–Trinajstić information content (AvgIpc) is 3.38. The van der Waals surface area contributed by atoms with Gasteiger partial charge in [0.05, 0.1) is 0 Å². The highest BCUT2D eigenvalue weighted by molar-refractivity contribution is 5.71. The predicted octanol–water partition coefficient (Wildman–Crippen LogP) is 20.0. The Kier molecular flexibility index (Phi) is 55.9. The molecule has 0 aromatic heterocycles.